The van der Waals surface area contributed by atoms with Crippen LogP contribution in [0.15, 0.2) is 48.7 Å². The van der Waals surface area contributed by atoms with E-state index in [1.165, 1.54) is 23.5 Å². The zero-order valence-corrected chi connectivity index (χ0v) is 15.6. The summed E-state index contributed by atoms with van der Waals surface area (Å²) in [6.07, 6.45) is 1.68. The summed E-state index contributed by atoms with van der Waals surface area (Å²) >= 11 is 1.27. The van der Waals surface area contributed by atoms with Crippen LogP contribution in [-0.4, -0.2) is 25.7 Å². The van der Waals surface area contributed by atoms with Crippen LogP contribution in [0.1, 0.15) is 21.9 Å². The number of benzene rings is 1. The Bertz CT molecular complexity index is 1120. The average Bonchev–Trinajstić information content (AvgIpc) is 3.22. The minimum atomic E-state index is -0.331. The van der Waals surface area contributed by atoms with Crippen molar-refractivity contribution in [2.75, 3.05) is 4.90 Å². The van der Waals surface area contributed by atoms with E-state index in [4.69, 9.17) is 0 Å². The molecule has 0 radical (unpaired) electrons. The first-order chi connectivity index (χ1) is 13.0. The minimum absolute atomic E-state index is 0.233. The Kier molecular flexibility index (Phi) is 4.41. The number of halogens is 1. The Balaban J connectivity index is 1.79. The number of aryl methyl sites for hydroxylation is 2. The summed E-state index contributed by atoms with van der Waals surface area (Å²) in [5, 5.41) is 4.75. The Morgan fingerprint density at radius 2 is 2.11 bits per heavy atom. The van der Waals surface area contributed by atoms with Crippen molar-refractivity contribution in [2.45, 2.75) is 13.5 Å². The Hall–Kier alpha value is -3.13. The fourth-order valence-electron chi connectivity index (χ4n) is 2.83. The van der Waals surface area contributed by atoms with Gasteiger partial charge in [-0.2, -0.15) is 5.10 Å². The van der Waals surface area contributed by atoms with Gasteiger partial charge in [-0.1, -0.05) is 17.4 Å². The van der Waals surface area contributed by atoms with Crippen molar-refractivity contribution < 1.29 is 9.18 Å². The molecule has 0 N–H and O–H groups in total. The van der Waals surface area contributed by atoms with Crippen LogP contribution in [0.25, 0.3) is 10.2 Å². The highest BCUT2D eigenvalue weighted by Gasteiger charge is 2.25. The molecule has 1 amide bonds. The molecule has 27 heavy (non-hydrogen) atoms. The Labute approximate surface area is 158 Å². The van der Waals surface area contributed by atoms with Gasteiger partial charge in [-0.3, -0.25) is 19.4 Å². The fourth-order valence-corrected chi connectivity index (χ4v) is 3.82. The smallest absolute Gasteiger partial charge is 0.277 e. The summed E-state index contributed by atoms with van der Waals surface area (Å²) in [7, 11) is 1.73. The van der Waals surface area contributed by atoms with Crippen LogP contribution in [0, 0.1) is 12.7 Å². The zero-order valence-electron chi connectivity index (χ0n) is 14.8. The highest BCUT2D eigenvalue weighted by atomic mass is 32.1. The summed E-state index contributed by atoms with van der Waals surface area (Å²) in [6.45, 7) is 2.09. The van der Waals surface area contributed by atoms with Gasteiger partial charge in [-0.25, -0.2) is 9.37 Å². The number of thiazole rings is 1. The van der Waals surface area contributed by atoms with Gasteiger partial charge in [0.15, 0.2) is 5.13 Å². The molecule has 0 aliphatic heterocycles. The number of fused-ring (bicyclic) bond motifs is 1. The van der Waals surface area contributed by atoms with Crippen molar-refractivity contribution in [1.82, 2.24) is 19.7 Å². The van der Waals surface area contributed by atoms with E-state index in [1.807, 2.05) is 25.1 Å². The summed E-state index contributed by atoms with van der Waals surface area (Å²) in [5.74, 6) is -0.564. The predicted octanol–water partition coefficient (Wildman–Crippen LogP) is 3.72. The Morgan fingerprint density at radius 1 is 1.26 bits per heavy atom. The number of carbonyl (C=O) groups excluding carboxylic acids is 1. The lowest BCUT2D eigenvalue weighted by atomic mass is 10.3. The number of aromatic nitrogens is 4. The van der Waals surface area contributed by atoms with Crippen LogP contribution in [0.2, 0.25) is 0 Å². The summed E-state index contributed by atoms with van der Waals surface area (Å²) in [5.41, 5.74) is 2.59. The van der Waals surface area contributed by atoms with E-state index in [0.717, 1.165) is 11.4 Å². The second kappa shape index (κ2) is 6.88. The number of pyridine rings is 1. The van der Waals surface area contributed by atoms with E-state index >= 15 is 0 Å². The van der Waals surface area contributed by atoms with Crippen LogP contribution >= 0.6 is 11.3 Å². The SMILES string of the molecule is Cc1cc(C(=O)N(Cc2ccccn2)c2nc3ccc(F)cc3s2)n(C)n1. The Morgan fingerprint density at radius 3 is 2.81 bits per heavy atom. The molecule has 4 rings (SSSR count). The lowest BCUT2D eigenvalue weighted by molar-refractivity contribution is 0.0975. The number of anilines is 1. The van der Waals surface area contributed by atoms with Crippen LogP contribution in [0.3, 0.4) is 0 Å². The highest BCUT2D eigenvalue weighted by Crippen LogP contribution is 2.31. The summed E-state index contributed by atoms with van der Waals surface area (Å²) < 4.78 is 15.8. The van der Waals surface area contributed by atoms with Crippen molar-refractivity contribution in [1.29, 1.82) is 0 Å². The van der Waals surface area contributed by atoms with Crippen molar-refractivity contribution in [3.63, 3.8) is 0 Å². The molecule has 6 nitrogen and oxygen atoms in total. The number of hydrogen-bond acceptors (Lipinski definition) is 5. The van der Waals surface area contributed by atoms with Gasteiger partial charge in [-0.15, -0.1) is 0 Å². The zero-order chi connectivity index (χ0) is 19.0. The van der Waals surface area contributed by atoms with E-state index < -0.39 is 0 Å². The van der Waals surface area contributed by atoms with Crippen LogP contribution in [0.4, 0.5) is 9.52 Å². The highest BCUT2D eigenvalue weighted by molar-refractivity contribution is 7.22. The number of hydrogen-bond donors (Lipinski definition) is 0. The molecular formula is C19H16FN5OS. The van der Waals surface area contributed by atoms with Crippen LogP contribution in [-0.2, 0) is 13.6 Å². The molecule has 136 valence electrons. The lowest BCUT2D eigenvalue weighted by Gasteiger charge is -2.19. The van der Waals surface area contributed by atoms with E-state index in [1.54, 1.807) is 35.0 Å². The molecule has 1 aromatic carbocycles. The normalized spacial score (nSPS) is 11.1. The van der Waals surface area contributed by atoms with Gasteiger partial charge < -0.3 is 0 Å². The van der Waals surface area contributed by atoms with Crippen molar-refractivity contribution in [2.24, 2.45) is 7.05 Å². The standard InChI is InChI=1S/C19H16FN5OS/c1-12-9-16(24(2)23-12)18(26)25(11-14-5-3-4-8-21-14)19-22-15-7-6-13(20)10-17(15)27-19/h3-10H,11H2,1-2H3. The van der Waals surface area contributed by atoms with E-state index in [-0.39, 0.29) is 18.3 Å². The topological polar surface area (TPSA) is 63.9 Å². The number of carbonyl (C=O) groups is 1. The first kappa shape index (κ1) is 17.3. The first-order valence-electron chi connectivity index (χ1n) is 8.30. The van der Waals surface area contributed by atoms with E-state index in [2.05, 4.69) is 15.1 Å². The molecule has 4 aromatic rings. The molecule has 0 aliphatic rings. The largest absolute Gasteiger partial charge is 0.278 e. The molecule has 0 atom stereocenters. The molecular weight excluding hydrogens is 365 g/mol. The molecule has 0 saturated heterocycles. The molecule has 0 spiro atoms. The monoisotopic (exact) mass is 381 g/mol. The molecule has 0 unspecified atom stereocenters. The molecule has 8 heteroatoms. The second-order valence-electron chi connectivity index (χ2n) is 6.12. The maximum atomic E-state index is 13.5. The quantitative estimate of drug-likeness (QED) is 0.540. The molecule has 0 bridgehead atoms. The lowest BCUT2D eigenvalue weighted by Crippen LogP contribution is -2.32. The average molecular weight is 381 g/mol. The number of rotatable bonds is 4. The third kappa shape index (κ3) is 3.43. The van der Waals surface area contributed by atoms with Gasteiger partial charge in [0.2, 0.25) is 0 Å². The van der Waals surface area contributed by atoms with Gasteiger partial charge in [-0.05, 0) is 43.3 Å². The van der Waals surface area contributed by atoms with E-state index in [9.17, 15) is 9.18 Å². The van der Waals surface area contributed by atoms with Gasteiger partial charge in [0.1, 0.15) is 11.5 Å². The molecule has 0 saturated carbocycles. The fraction of sp³-hybridized carbons (Fsp3) is 0.158. The first-order valence-corrected chi connectivity index (χ1v) is 9.11. The molecule has 3 aromatic heterocycles. The second-order valence-corrected chi connectivity index (χ2v) is 7.12. The van der Waals surface area contributed by atoms with Crippen molar-refractivity contribution in [3.8, 4) is 0 Å². The predicted molar refractivity (Wildman–Crippen MR) is 102 cm³/mol. The number of amides is 1. The molecule has 0 fully saturated rings. The van der Waals surface area contributed by atoms with E-state index in [0.29, 0.717) is 21.0 Å². The van der Waals surface area contributed by atoms with Crippen LogP contribution < -0.4 is 4.90 Å². The maximum absolute atomic E-state index is 13.5. The van der Waals surface area contributed by atoms with Gasteiger partial charge in [0.05, 0.1) is 28.1 Å². The van der Waals surface area contributed by atoms with Crippen LogP contribution in [0.5, 0.6) is 0 Å². The summed E-state index contributed by atoms with van der Waals surface area (Å²) in [6, 6.07) is 11.7. The third-order valence-corrected chi connectivity index (χ3v) is 5.12. The maximum Gasteiger partial charge on any atom is 0.278 e. The molecule has 0 aliphatic carbocycles. The third-order valence-electron chi connectivity index (χ3n) is 4.08. The van der Waals surface area contributed by atoms with Gasteiger partial charge >= 0.3 is 0 Å². The summed E-state index contributed by atoms with van der Waals surface area (Å²) in [4.78, 5) is 23.7. The van der Waals surface area contributed by atoms with Crippen molar-refractivity contribution in [3.05, 3.63) is 71.6 Å². The number of nitrogens with zero attached hydrogens (tertiary/aromatic N) is 5. The van der Waals surface area contributed by atoms with Gasteiger partial charge in [0.25, 0.3) is 5.91 Å². The van der Waals surface area contributed by atoms with Gasteiger partial charge in [0, 0.05) is 13.2 Å². The van der Waals surface area contributed by atoms with Crippen molar-refractivity contribution >= 4 is 32.6 Å². The molecule has 3 heterocycles. The minimum Gasteiger partial charge on any atom is -0.277 e.